The van der Waals surface area contributed by atoms with Crippen LogP contribution in [0, 0.1) is 0 Å². The molecule has 7 heteroatoms. The summed E-state index contributed by atoms with van der Waals surface area (Å²) in [7, 11) is 0. The van der Waals surface area contributed by atoms with Gasteiger partial charge in [-0.05, 0) is 30.7 Å². The lowest BCUT2D eigenvalue weighted by atomic mass is 10.1. The van der Waals surface area contributed by atoms with Crippen LogP contribution in [0.4, 0.5) is 0 Å². The van der Waals surface area contributed by atoms with Gasteiger partial charge in [0.2, 0.25) is 0 Å². The number of benzene rings is 1. The van der Waals surface area contributed by atoms with Crippen LogP contribution in [0.5, 0.6) is 0 Å². The van der Waals surface area contributed by atoms with Crippen molar-refractivity contribution in [2.45, 2.75) is 25.2 Å². The Bertz CT molecular complexity index is 846. The maximum Gasteiger partial charge on any atom is 0.251 e. The maximum absolute atomic E-state index is 12.6. The second-order valence-corrected chi connectivity index (χ2v) is 6.77. The third-order valence-electron chi connectivity index (χ3n) is 4.35. The van der Waals surface area contributed by atoms with Crippen LogP contribution in [0.3, 0.4) is 0 Å². The summed E-state index contributed by atoms with van der Waals surface area (Å²) >= 11 is 1.55. The number of nitrogens with zero attached hydrogens (tertiary/aromatic N) is 1. The summed E-state index contributed by atoms with van der Waals surface area (Å²) < 4.78 is 11.5. The summed E-state index contributed by atoms with van der Waals surface area (Å²) in [4.78, 5) is 20.0. The predicted molar refractivity (Wildman–Crippen MR) is 95.7 cm³/mol. The van der Waals surface area contributed by atoms with E-state index in [-0.39, 0.29) is 18.1 Å². The van der Waals surface area contributed by atoms with Crippen molar-refractivity contribution in [2.24, 2.45) is 0 Å². The van der Waals surface area contributed by atoms with E-state index >= 15 is 0 Å². The second-order valence-electron chi connectivity index (χ2n) is 6.05. The van der Waals surface area contributed by atoms with Crippen LogP contribution in [0.1, 0.15) is 22.5 Å². The molecule has 0 radical (unpaired) electrons. The number of carbonyl (C=O) groups is 1. The number of hydrogen-bond acceptors (Lipinski definition) is 5. The van der Waals surface area contributed by atoms with Crippen LogP contribution in [0.2, 0.25) is 0 Å². The minimum Gasteiger partial charge on any atom is -0.379 e. The number of aromatic amines is 1. The third kappa shape index (κ3) is 3.73. The number of H-pyrrole nitrogens is 1. The van der Waals surface area contributed by atoms with Gasteiger partial charge in [0.1, 0.15) is 0 Å². The number of hydrogen-bond donors (Lipinski definition) is 2. The molecule has 25 heavy (non-hydrogen) atoms. The van der Waals surface area contributed by atoms with E-state index in [1.807, 2.05) is 35.8 Å². The van der Waals surface area contributed by atoms with Crippen LogP contribution in [0.15, 0.2) is 41.4 Å². The standard InChI is InChI=1S/C18H19N3O3S/c22-18(13-1-2-15-12(7-13)3-5-19-15)21-16-9-23-6-4-17(16)24-8-14-10-25-11-20-14/h1-3,5,7,10-11,16-17,19H,4,6,8-9H2,(H,21,22)/t16-,17+/m1/s1. The van der Waals surface area contributed by atoms with Crippen molar-refractivity contribution < 1.29 is 14.3 Å². The Morgan fingerprint density at radius 3 is 3.28 bits per heavy atom. The smallest absolute Gasteiger partial charge is 0.251 e. The molecular formula is C18H19N3O3S. The molecule has 0 saturated carbocycles. The SMILES string of the molecule is O=C(N[C@@H]1COCC[C@@H]1OCc1cscn1)c1ccc2[nH]ccc2c1. The van der Waals surface area contributed by atoms with E-state index in [9.17, 15) is 4.79 Å². The molecule has 0 spiro atoms. The van der Waals surface area contributed by atoms with Crippen molar-refractivity contribution in [2.75, 3.05) is 13.2 Å². The minimum absolute atomic E-state index is 0.0737. The lowest BCUT2D eigenvalue weighted by Gasteiger charge is -2.32. The van der Waals surface area contributed by atoms with E-state index in [1.165, 1.54) is 0 Å². The largest absolute Gasteiger partial charge is 0.379 e. The van der Waals surface area contributed by atoms with Gasteiger partial charge >= 0.3 is 0 Å². The predicted octanol–water partition coefficient (Wildman–Crippen LogP) is 2.73. The van der Waals surface area contributed by atoms with Gasteiger partial charge in [-0.25, -0.2) is 4.98 Å². The van der Waals surface area contributed by atoms with Gasteiger partial charge in [0.25, 0.3) is 5.91 Å². The van der Waals surface area contributed by atoms with E-state index < -0.39 is 0 Å². The average Bonchev–Trinajstić information content (AvgIpc) is 3.31. The zero-order valence-corrected chi connectivity index (χ0v) is 14.4. The van der Waals surface area contributed by atoms with Gasteiger partial charge in [0.05, 0.1) is 36.6 Å². The fourth-order valence-corrected chi connectivity index (χ4v) is 3.54. The summed E-state index contributed by atoms with van der Waals surface area (Å²) in [5.74, 6) is -0.110. The Morgan fingerprint density at radius 1 is 1.44 bits per heavy atom. The molecule has 3 heterocycles. The zero-order chi connectivity index (χ0) is 17.1. The molecule has 2 N–H and O–H groups in total. The molecule has 2 aromatic heterocycles. The van der Waals surface area contributed by atoms with E-state index in [4.69, 9.17) is 9.47 Å². The molecule has 0 unspecified atom stereocenters. The highest BCUT2D eigenvalue weighted by atomic mass is 32.1. The van der Waals surface area contributed by atoms with Crippen molar-refractivity contribution in [1.29, 1.82) is 0 Å². The number of thiazole rings is 1. The minimum atomic E-state index is -0.165. The number of carbonyl (C=O) groups excluding carboxylic acids is 1. The molecule has 1 aliphatic heterocycles. The Hall–Kier alpha value is -2.22. The first-order chi connectivity index (χ1) is 12.3. The van der Waals surface area contributed by atoms with E-state index in [1.54, 1.807) is 16.8 Å². The van der Waals surface area contributed by atoms with E-state index in [2.05, 4.69) is 15.3 Å². The highest BCUT2D eigenvalue weighted by molar-refractivity contribution is 7.07. The van der Waals surface area contributed by atoms with Gasteiger partial charge in [-0.2, -0.15) is 0 Å². The molecular weight excluding hydrogens is 338 g/mol. The van der Waals surface area contributed by atoms with Crippen molar-refractivity contribution in [3.8, 4) is 0 Å². The maximum atomic E-state index is 12.6. The molecule has 130 valence electrons. The summed E-state index contributed by atoms with van der Waals surface area (Å²) in [6.07, 6.45) is 2.55. The lowest BCUT2D eigenvalue weighted by molar-refractivity contribution is -0.0611. The third-order valence-corrected chi connectivity index (χ3v) is 4.99. The van der Waals surface area contributed by atoms with Crippen LogP contribution in [-0.4, -0.2) is 41.2 Å². The molecule has 3 aromatic rings. The van der Waals surface area contributed by atoms with Crippen molar-refractivity contribution >= 4 is 28.1 Å². The molecule has 1 fully saturated rings. The molecule has 1 aliphatic rings. The van der Waals surface area contributed by atoms with Gasteiger partial charge in [0, 0.05) is 34.7 Å². The zero-order valence-electron chi connectivity index (χ0n) is 13.6. The number of amides is 1. The normalized spacial score (nSPS) is 20.6. The first-order valence-electron chi connectivity index (χ1n) is 8.24. The summed E-state index contributed by atoms with van der Waals surface area (Å²) in [6.45, 7) is 1.55. The number of nitrogens with one attached hydrogen (secondary N) is 2. The Balaban J connectivity index is 1.42. The Morgan fingerprint density at radius 2 is 2.40 bits per heavy atom. The Labute approximate surface area is 149 Å². The number of rotatable bonds is 5. The molecule has 6 nitrogen and oxygen atoms in total. The van der Waals surface area contributed by atoms with Crippen LogP contribution >= 0.6 is 11.3 Å². The van der Waals surface area contributed by atoms with E-state index in [0.717, 1.165) is 23.0 Å². The van der Waals surface area contributed by atoms with Gasteiger partial charge in [0.15, 0.2) is 0 Å². The van der Waals surface area contributed by atoms with Crippen molar-refractivity contribution in [3.05, 3.63) is 52.6 Å². The monoisotopic (exact) mass is 357 g/mol. The number of ether oxygens (including phenoxy) is 2. The topological polar surface area (TPSA) is 76.2 Å². The quantitative estimate of drug-likeness (QED) is 0.736. The average molecular weight is 357 g/mol. The van der Waals surface area contributed by atoms with Crippen LogP contribution < -0.4 is 5.32 Å². The molecule has 0 aliphatic carbocycles. The molecule has 1 saturated heterocycles. The van der Waals surface area contributed by atoms with Gasteiger partial charge < -0.3 is 19.8 Å². The summed E-state index contributed by atoms with van der Waals surface area (Å²) in [5.41, 5.74) is 4.36. The lowest BCUT2D eigenvalue weighted by Crippen LogP contribution is -2.50. The van der Waals surface area contributed by atoms with Gasteiger partial charge in [-0.1, -0.05) is 0 Å². The summed E-state index contributed by atoms with van der Waals surface area (Å²) in [5, 5.41) is 6.04. The van der Waals surface area contributed by atoms with Gasteiger partial charge in [-0.15, -0.1) is 11.3 Å². The fraction of sp³-hybridized carbons (Fsp3) is 0.333. The molecule has 0 bridgehead atoms. The van der Waals surface area contributed by atoms with Crippen LogP contribution in [0.25, 0.3) is 10.9 Å². The molecule has 2 atom stereocenters. The van der Waals surface area contributed by atoms with Gasteiger partial charge in [-0.3, -0.25) is 4.79 Å². The highest BCUT2D eigenvalue weighted by Crippen LogP contribution is 2.17. The number of aromatic nitrogens is 2. The van der Waals surface area contributed by atoms with E-state index in [0.29, 0.717) is 25.4 Å². The fourth-order valence-electron chi connectivity index (χ4n) is 3.00. The summed E-state index contributed by atoms with van der Waals surface area (Å²) in [6, 6.07) is 7.41. The Kier molecular flexibility index (Phi) is 4.78. The second kappa shape index (κ2) is 7.35. The first-order valence-corrected chi connectivity index (χ1v) is 9.18. The van der Waals surface area contributed by atoms with Crippen molar-refractivity contribution in [3.63, 3.8) is 0 Å². The molecule has 1 aromatic carbocycles. The van der Waals surface area contributed by atoms with Crippen molar-refractivity contribution in [1.82, 2.24) is 15.3 Å². The molecule has 4 rings (SSSR count). The number of fused-ring (bicyclic) bond motifs is 1. The van der Waals surface area contributed by atoms with Crippen LogP contribution in [-0.2, 0) is 16.1 Å². The first kappa shape index (κ1) is 16.3. The highest BCUT2D eigenvalue weighted by Gasteiger charge is 2.28. The molecule has 1 amide bonds.